The number of rotatable bonds is 7. The van der Waals surface area contributed by atoms with Crippen molar-refractivity contribution in [3.05, 3.63) is 11.8 Å². The smallest absolute Gasteiger partial charge is 0.302 e. The van der Waals surface area contributed by atoms with Gasteiger partial charge >= 0.3 is 5.97 Å². The van der Waals surface area contributed by atoms with Gasteiger partial charge in [0.25, 0.3) is 0 Å². The van der Waals surface area contributed by atoms with E-state index in [0.29, 0.717) is 6.61 Å². The monoisotopic (exact) mass is 360 g/mol. The predicted molar refractivity (Wildman–Crippen MR) is 106 cm³/mol. The molecule has 6 heteroatoms. The molecule has 0 bridgehead atoms. The summed E-state index contributed by atoms with van der Waals surface area (Å²) in [6.07, 6.45) is 3.22. The van der Waals surface area contributed by atoms with Crippen LogP contribution < -0.4 is 0 Å². The van der Waals surface area contributed by atoms with Gasteiger partial charge in [0, 0.05) is 29.7 Å². The molecule has 0 unspecified atom stereocenters. The SMILES string of the molecule is CC(=O)OCC/C=C\[Si]([Si](C)(C)C)([Si](C)(C)C)[Si](C)(C)C. The minimum Gasteiger partial charge on any atom is -0.466 e. The lowest BCUT2D eigenvalue weighted by Crippen LogP contribution is -2.81. The van der Waals surface area contributed by atoms with Crippen LogP contribution in [0.25, 0.3) is 0 Å². The number of ether oxygens (including phenoxy) is 1. The van der Waals surface area contributed by atoms with Gasteiger partial charge in [-0.1, -0.05) is 65.0 Å². The molecule has 124 valence electrons. The van der Waals surface area contributed by atoms with Crippen LogP contribution in [0, 0.1) is 0 Å². The molecule has 0 fully saturated rings. The fraction of sp³-hybridized carbons (Fsp3) is 0.800. The average molecular weight is 361 g/mol. The molecular weight excluding hydrogens is 325 g/mol. The predicted octanol–water partition coefficient (Wildman–Crippen LogP) is 4.73. The first-order chi connectivity index (χ1) is 9.17. The van der Waals surface area contributed by atoms with Gasteiger partial charge in [0.15, 0.2) is 0 Å². The third-order valence-corrected chi connectivity index (χ3v) is 75.6. The Labute approximate surface area is 135 Å². The van der Waals surface area contributed by atoms with Gasteiger partial charge in [-0.25, -0.2) is 0 Å². The van der Waals surface area contributed by atoms with Crippen molar-refractivity contribution in [3.8, 4) is 0 Å². The van der Waals surface area contributed by atoms with Crippen LogP contribution in [0.1, 0.15) is 13.3 Å². The standard InChI is InChI=1S/C15H36O2Si4/c1-15(16)17-13-11-12-14-21(18(2,3)4,19(5,6)7)20(8,9)10/h12,14H,11,13H2,1-10H3/b14-12-. The van der Waals surface area contributed by atoms with Crippen molar-refractivity contribution in [2.75, 3.05) is 6.61 Å². The van der Waals surface area contributed by atoms with Gasteiger partial charge in [-0.15, -0.1) is 5.70 Å². The first-order valence-electron chi connectivity index (χ1n) is 7.98. The van der Waals surface area contributed by atoms with Gasteiger partial charge < -0.3 is 4.74 Å². The van der Waals surface area contributed by atoms with Gasteiger partial charge in [0.2, 0.25) is 0 Å². The molecule has 0 atom stereocenters. The van der Waals surface area contributed by atoms with E-state index in [2.05, 4.69) is 70.7 Å². The zero-order valence-electron chi connectivity index (χ0n) is 15.9. The summed E-state index contributed by atoms with van der Waals surface area (Å²) in [5, 5.41) is 0. The molecular formula is C15H36O2Si4. The summed E-state index contributed by atoms with van der Waals surface area (Å²) in [6, 6.07) is 0. The maximum atomic E-state index is 10.9. The Morgan fingerprint density at radius 3 is 1.52 bits per heavy atom. The second-order valence-corrected chi connectivity index (χ2v) is 49.6. The molecule has 0 heterocycles. The van der Waals surface area contributed by atoms with Gasteiger partial charge in [0.05, 0.1) is 13.2 Å². The normalized spacial score (nSPS) is 14.6. The number of esters is 1. The molecule has 0 amide bonds. The molecule has 0 aromatic heterocycles. The maximum Gasteiger partial charge on any atom is 0.302 e. The molecule has 2 nitrogen and oxygen atoms in total. The van der Waals surface area contributed by atoms with E-state index in [4.69, 9.17) is 4.74 Å². The Bertz CT molecular complexity index is 348. The molecule has 0 N–H and O–H groups in total. The minimum absolute atomic E-state index is 0.174. The number of hydrogen-bond acceptors (Lipinski definition) is 2. The first kappa shape index (κ1) is 21.1. The van der Waals surface area contributed by atoms with E-state index in [1.165, 1.54) is 6.92 Å². The van der Waals surface area contributed by atoms with E-state index in [1.807, 2.05) is 0 Å². The average Bonchev–Trinajstić information content (AvgIpc) is 2.16. The highest BCUT2D eigenvalue weighted by Gasteiger charge is 2.59. The largest absolute Gasteiger partial charge is 0.466 e. The lowest BCUT2D eigenvalue weighted by Gasteiger charge is -2.55. The lowest BCUT2D eigenvalue weighted by molar-refractivity contribution is -0.140. The number of carbonyl (C=O) groups is 1. The number of carbonyl (C=O) groups excluding carboxylic acids is 1. The summed E-state index contributed by atoms with van der Waals surface area (Å²) in [6.45, 7) is 23.9. The molecule has 0 saturated carbocycles. The number of hydrogen-bond donors (Lipinski definition) is 0. The zero-order chi connectivity index (χ0) is 17.1. The van der Waals surface area contributed by atoms with Gasteiger partial charge in [0.1, 0.15) is 0 Å². The Kier molecular flexibility index (Phi) is 7.13. The maximum absolute atomic E-state index is 10.9. The molecule has 0 radical (unpaired) electrons. The molecule has 0 aromatic carbocycles. The highest BCUT2D eigenvalue weighted by atomic mass is 29.9. The van der Waals surface area contributed by atoms with Crippen LogP contribution in [0.15, 0.2) is 11.8 Å². The molecule has 0 aliphatic heterocycles. The lowest BCUT2D eigenvalue weighted by atomic mass is 10.4. The van der Waals surface area contributed by atoms with E-state index in [0.717, 1.165) is 6.42 Å². The summed E-state index contributed by atoms with van der Waals surface area (Å²) >= 11 is 0. The highest BCUT2D eigenvalue weighted by molar-refractivity contribution is 7.90. The van der Waals surface area contributed by atoms with Crippen LogP contribution in [0.2, 0.25) is 58.9 Å². The van der Waals surface area contributed by atoms with Crippen LogP contribution in [-0.2, 0) is 9.53 Å². The van der Waals surface area contributed by atoms with Gasteiger partial charge in [-0.3, -0.25) is 4.79 Å². The summed E-state index contributed by atoms with van der Waals surface area (Å²) in [5.41, 5.74) is 2.70. The van der Waals surface area contributed by atoms with Crippen molar-refractivity contribution in [3.63, 3.8) is 0 Å². The van der Waals surface area contributed by atoms with Crippen molar-refractivity contribution in [2.24, 2.45) is 0 Å². The quantitative estimate of drug-likeness (QED) is 0.372. The fourth-order valence-corrected chi connectivity index (χ4v) is 100.0. The van der Waals surface area contributed by atoms with E-state index >= 15 is 0 Å². The molecule has 21 heavy (non-hydrogen) atoms. The van der Waals surface area contributed by atoms with E-state index < -0.39 is 29.4 Å². The van der Waals surface area contributed by atoms with Crippen LogP contribution in [0.5, 0.6) is 0 Å². The molecule has 0 saturated heterocycles. The molecule has 0 aromatic rings. The topological polar surface area (TPSA) is 26.3 Å². The highest BCUT2D eigenvalue weighted by Crippen LogP contribution is 2.37. The summed E-state index contributed by atoms with van der Waals surface area (Å²) in [4.78, 5) is 10.9. The Balaban J connectivity index is 5.53. The summed E-state index contributed by atoms with van der Waals surface area (Å²) in [5.74, 6) is -0.174. The second-order valence-electron chi connectivity index (χ2n) is 9.09. The van der Waals surface area contributed by atoms with Crippen molar-refractivity contribution >= 4 is 35.4 Å². The van der Waals surface area contributed by atoms with Crippen molar-refractivity contribution in [1.82, 2.24) is 0 Å². The van der Waals surface area contributed by atoms with Crippen molar-refractivity contribution < 1.29 is 9.53 Å². The van der Waals surface area contributed by atoms with Crippen LogP contribution in [0.4, 0.5) is 0 Å². The van der Waals surface area contributed by atoms with Crippen LogP contribution in [-0.4, -0.2) is 42.0 Å². The van der Waals surface area contributed by atoms with Crippen LogP contribution in [0.3, 0.4) is 0 Å². The van der Waals surface area contributed by atoms with E-state index in [1.54, 1.807) is 0 Å². The Hall–Kier alpha value is 0.0775. The second kappa shape index (κ2) is 7.10. The van der Waals surface area contributed by atoms with Gasteiger partial charge in [-0.2, -0.15) is 0 Å². The summed E-state index contributed by atoms with van der Waals surface area (Å²) < 4.78 is 5.07. The molecule has 0 rings (SSSR count). The Morgan fingerprint density at radius 1 is 0.857 bits per heavy atom. The van der Waals surface area contributed by atoms with Gasteiger partial charge in [-0.05, 0) is 6.42 Å². The van der Waals surface area contributed by atoms with Crippen molar-refractivity contribution in [2.45, 2.75) is 72.3 Å². The third-order valence-electron chi connectivity index (χ3n) is 4.51. The fourth-order valence-electron chi connectivity index (χ4n) is 4.66. The Morgan fingerprint density at radius 2 is 1.24 bits per heavy atom. The minimum atomic E-state index is -1.38. The molecule has 0 aliphatic carbocycles. The summed E-state index contributed by atoms with van der Waals surface area (Å²) in [7, 11) is -3.67. The van der Waals surface area contributed by atoms with E-state index in [-0.39, 0.29) is 5.97 Å². The third kappa shape index (κ3) is 5.04. The molecule has 0 spiro atoms. The van der Waals surface area contributed by atoms with Crippen molar-refractivity contribution in [1.29, 1.82) is 0 Å². The zero-order valence-corrected chi connectivity index (χ0v) is 19.9. The first-order valence-corrected chi connectivity index (χ1v) is 23.6. The van der Waals surface area contributed by atoms with Crippen LogP contribution >= 0.6 is 0 Å². The van der Waals surface area contributed by atoms with E-state index in [9.17, 15) is 4.79 Å². The molecule has 0 aliphatic rings.